The molecule has 1 aromatic heterocycles. The minimum Gasteiger partial charge on any atom is -0.375 e. The molecule has 4 nitrogen and oxygen atoms in total. The second kappa shape index (κ2) is 7.85. The zero-order valence-corrected chi connectivity index (χ0v) is 16.0. The monoisotopic (exact) mass is 402 g/mol. The van der Waals surface area contributed by atoms with Crippen LogP contribution >= 0.6 is 27.7 Å². The number of thioether (sulfide) groups is 1. The molecule has 0 aliphatic heterocycles. The number of anilines is 1. The van der Waals surface area contributed by atoms with Crippen LogP contribution in [0.2, 0.25) is 0 Å². The number of hydrogen-bond donors (Lipinski definition) is 1. The Hall–Kier alpha value is -1.79. The molecule has 3 rings (SSSR count). The molecule has 1 heterocycles. The van der Waals surface area contributed by atoms with Gasteiger partial charge in [-0.05, 0) is 49.1 Å². The van der Waals surface area contributed by atoms with E-state index in [9.17, 15) is 0 Å². The van der Waals surface area contributed by atoms with Crippen LogP contribution in [0.25, 0.3) is 5.69 Å². The SMILES string of the molecule is CCSc1nnc([C@H](C)Nc2ccc(Br)cc2)n1-c1ccccc1. The first kappa shape index (κ1) is 17.0. The maximum atomic E-state index is 4.45. The van der Waals surface area contributed by atoms with Gasteiger partial charge in [-0.15, -0.1) is 10.2 Å². The van der Waals surface area contributed by atoms with Gasteiger partial charge >= 0.3 is 0 Å². The molecule has 0 aliphatic rings. The van der Waals surface area contributed by atoms with Crippen molar-refractivity contribution in [2.45, 2.75) is 25.0 Å². The lowest BCUT2D eigenvalue weighted by molar-refractivity contribution is 0.744. The molecule has 0 aliphatic carbocycles. The molecule has 2 aromatic carbocycles. The van der Waals surface area contributed by atoms with E-state index >= 15 is 0 Å². The first-order valence-corrected chi connectivity index (χ1v) is 9.62. The van der Waals surface area contributed by atoms with Crippen molar-refractivity contribution in [2.24, 2.45) is 0 Å². The van der Waals surface area contributed by atoms with Crippen LogP contribution in [0.1, 0.15) is 25.7 Å². The summed E-state index contributed by atoms with van der Waals surface area (Å²) in [6, 6.07) is 18.4. The number of aromatic nitrogens is 3. The number of para-hydroxylation sites is 1. The zero-order chi connectivity index (χ0) is 16.9. The van der Waals surface area contributed by atoms with Gasteiger partial charge in [0.25, 0.3) is 0 Å². The number of hydrogen-bond acceptors (Lipinski definition) is 4. The molecule has 3 aromatic rings. The van der Waals surface area contributed by atoms with Gasteiger partial charge in [0, 0.05) is 15.8 Å². The van der Waals surface area contributed by atoms with Crippen LogP contribution in [0.4, 0.5) is 5.69 Å². The van der Waals surface area contributed by atoms with Gasteiger partial charge in [-0.2, -0.15) is 0 Å². The predicted molar refractivity (Wildman–Crippen MR) is 104 cm³/mol. The summed E-state index contributed by atoms with van der Waals surface area (Å²) in [6.07, 6.45) is 0. The molecule has 1 N–H and O–H groups in total. The highest BCUT2D eigenvalue weighted by molar-refractivity contribution is 9.10. The summed E-state index contributed by atoms with van der Waals surface area (Å²) >= 11 is 5.16. The Labute approximate surface area is 154 Å². The van der Waals surface area contributed by atoms with Crippen molar-refractivity contribution < 1.29 is 0 Å². The fourth-order valence-electron chi connectivity index (χ4n) is 2.46. The summed E-state index contributed by atoms with van der Waals surface area (Å²) in [5.74, 6) is 1.86. The molecule has 0 unspecified atom stereocenters. The minimum absolute atomic E-state index is 0.0325. The molecule has 0 saturated carbocycles. The second-order valence-electron chi connectivity index (χ2n) is 5.32. The van der Waals surface area contributed by atoms with E-state index in [1.165, 1.54) is 0 Å². The Morgan fingerprint density at radius 1 is 1.08 bits per heavy atom. The average Bonchev–Trinajstić information content (AvgIpc) is 3.02. The Bertz CT molecular complexity index is 787. The highest BCUT2D eigenvalue weighted by atomic mass is 79.9. The second-order valence-corrected chi connectivity index (χ2v) is 7.46. The summed E-state index contributed by atoms with van der Waals surface area (Å²) < 4.78 is 3.19. The average molecular weight is 403 g/mol. The fourth-order valence-corrected chi connectivity index (χ4v) is 3.41. The Morgan fingerprint density at radius 2 is 1.79 bits per heavy atom. The maximum Gasteiger partial charge on any atom is 0.195 e. The number of rotatable bonds is 6. The third-order valence-corrected chi connectivity index (χ3v) is 4.90. The van der Waals surface area contributed by atoms with E-state index in [0.29, 0.717) is 0 Å². The lowest BCUT2D eigenvalue weighted by Gasteiger charge is -2.17. The fraction of sp³-hybridized carbons (Fsp3) is 0.222. The van der Waals surface area contributed by atoms with Crippen LogP contribution in [-0.4, -0.2) is 20.5 Å². The lowest BCUT2D eigenvalue weighted by atomic mass is 10.2. The van der Waals surface area contributed by atoms with Crippen molar-refractivity contribution in [3.8, 4) is 5.69 Å². The van der Waals surface area contributed by atoms with E-state index in [1.54, 1.807) is 11.8 Å². The van der Waals surface area contributed by atoms with Crippen LogP contribution in [0, 0.1) is 0 Å². The van der Waals surface area contributed by atoms with Crippen molar-refractivity contribution in [1.82, 2.24) is 14.8 Å². The van der Waals surface area contributed by atoms with Gasteiger partial charge < -0.3 is 5.32 Å². The van der Waals surface area contributed by atoms with Gasteiger partial charge in [0.1, 0.15) is 0 Å². The molecule has 0 fully saturated rings. The Kier molecular flexibility index (Phi) is 5.58. The topological polar surface area (TPSA) is 42.7 Å². The molecule has 6 heteroatoms. The molecular formula is C18H19BrN4S. The van der Waals surface area contributed by atoms with Crippen molar-refractivity contribution >= 4 is 33.4 Å². The summed E-state index contributed by atoms with van der Waals surface area (Å²) in [6.45, 7) is 4.23. The molecule has 0 saturated heterocycles. The van der Waals surface area contributed by atoms with Gasteiger partial charge in [-0.3, -0.25) is 4.57 Å². The summed E-state index contributed by atoms with van der Waals surface area (Å²) in [5.41, 5.74) is 2.14. The molecule has 0 radical (unpaired) electrons. The van der Waals surface area contributed by atoms with Crippen molar-refractivity contribution in [3.05, 3.63) is 64.9 Å². The quantitative estimate of drug-likeness (QED) is 0.566. The highest BCUT2D eigenvalue weighted by Gasteiger charge is 2.19. The van der Waals surface area contributed by atoms with Gasteiger partial charge in [0.15, 0.2) is 11.0 Å². The van der Waals surface area contributed by atoms with E-state index in [4.69, 9.17) is 0 Å². The van der Waals surface area contributed by atoms with Gasteiger partial charge in [-0.25, -0.2) is 0 Å². The number of nitrogens with one attached hydrogen (secondary N) is 1. The summed E-state index contributed by atoms with van der Waals surface area (Å²) in [4.78, 5) is 0. The predicted octanol–water partition coefficient (Wildman–Crippen LogP) is 5.31. The molecule has 124 valence electrons. The molecule has 0 amide bonds. The van der Waals surface area contributed by atoms with E-state index < -0.39 is 0 Å². The normalized spacial score (nSPS) is 12.1. The van der Waals surface area contributed by atoms with E-state index in [2.05, 4.69) is 62.0 Å². The summed E-state index contributed by atoms with van der Waals surface area (Å²) in [5, 5.41) is 13.2. The Morgan fingerprint density at radius 3 is 2.46 bits per heavy atom. The smallest absolute Gasteiger partial charge is 0.195 e. The Balaban J connectivity index is 1.93. The van der Waals surface area contributed by atoms with Gasteiger partial charge in [0.2, 0.25) is 0 Å². The van der Waals surface area contributed by atoms with E-state index in [0.717, 1.165) is 32.6 Å². The standard InChI is InChI=1S/C18H19BrN4S/c1-3-24-18-22-21-17(23(18)16-7-5-4-6-8-16)13(2)20-15-11-9-14(19)10-12-15/h4-13,20H,3H2,1-2H3/t13-/m0/s1. The lowest BCUT2D eigenvalue weighted by Crippen LogP contribution is -2.13. The number of halogens is 1. The van der Waals surface area contributed by atoms with Crippen LogP contribution < -0.4 is 5.32 Å². The summed E-state index contributed by atoms with van der Waals surface area (Å²) in [7, 11) is 0. The van der Waals surface area contributed by atoms with Crippen molar-refractivity contribution in [2.75, 3.05) is 11.1 Å². The number of benzene rings is 2. The first-order valence-electron chi connectivity index (χ1n) is 7.84. The van der Waals surface area contributed by atoms with E-state index in [-0.39, 0.29) is 6.04 Å². The van der Waals surface area contributed by atoms with Gasteiger partial charge in [0.05, 0.1) is 6.04 Å². The zero-order valence-electron chi connectivity index (χ0n) is 13.6. The molecule has 0 spiro atoms. The first-order chi connectivity index (χ1) is 11.7. The highest BCUT2D eigenvalue weighted by Crippen LogP contribution is 2.27. The minimum atomic E-state index is 0.0325. The van der Waals surface area contributed by atoms with Crippen LogP contribution in [0.15, 0.2) is 64.2 Å². The maximum absolute atomic E-state index is 4.45. The largest absolute Gasteiger partial charge is 0.375 e. The van der Waals surface area contributed by atoms with Crippen LogP contribution in [0.3, 0.4) is 0 Å². The van der Waals surface area contributed by atoms with Crippen LogP contribution in [-0.2, 0) is 0 Å². The molecule has 24 heavy (non-hydrogen) atoms. The molecule has 0 bridgehead atoms. The van der Waals surface area contributed by atoms with Crippen LogP contribution in [0.5, 0.6) is 0 Å². The van der Waals surface area contributed by atoms with Gasteiger partial charge in [-0.1, -0.05) is 52.8 Å². The van der Waals surface area contributed by atoms with Crippen molar-refractivity contribution in [3.63, 3.8) is 0 Å². The number of nitrogens with zero attached hydrogens (tertiary/aromatic N) is 3. The van der Waals surface area contributed by atoms with Crippen molar-refractivity contribution in [1.29, 1.82) is 0 Å². The molecular weight excluding hydrogens is 384 g/mol. The third kappa shape index (κ3) is 3.82. The third-order valence-electron chi connectivity index (χ3n) is 3.56. The van der Waals surface area contributed by atoms with E-state index in [1.807, 2.05) is 42.5 Å². The molecule has 1 atom stereocenters.